The summed E-state index contributed by atoms with van der Waals surface area (Å²) in [4.78, 5) is 6.71. The van der Waals surface area contributed by atoms with Crippen molar-refractivity contribution in [1.82, 2.24) is 30.7 Å². The molecule has 2 fully saturated rings. The van der Waals surface area contributed by atoms with Crippen LogP contribution in [-0.4, -0.2) is 61.8 Å². The number of aryl methyl sites for hydroxylation is 1. The van der Waals surface area contributed by atoms with E-state index >= 15 is 0 Å². The summed E-state index contributed by atoms with van der Waals surface area (Å²) in [5, 5.41) is 31.6. The maximum atomic E-state index is 10.7. The molecule has 9 heteroatoms. The van der Waals surface area contributed by atoms with E-state index in [1.165, 1.54) is 12.8 Å². The number of rotatable bonds is 5. The van der Waals surface area contributed by atoms with Gasteiger partial charge in [-0.1, -0.05) is 6.07 Å². The van der Waals surface area contributed by atoms with Crippen LogP contribution in [0.15, 0.2) is 30.5 Å². The van der Waals surface area contributed by atoms with Crippen molar-refractivity contribution >= 4 is 5.82 Å². The van der Waals surface area contributed by atoms with Gasteiger partial charge >= 0.3 is 0 Å². The number of fused-ring (bicyclic) bond motifs is 2. The van der Waals surface area contributed by atoms with Crippen LogP contribution in [0.3, 0.4) is 0 Å². The maximum Gasteiger partial charge on any atom is 0.185 e. The summed E-state index contributed by atoms with van der Waals surface area (Å²) in [6.07, 6.45) is 6.27. The number of ether oxygens (including phenoxy) is 1. The van der Waals surface area contributed by atoms with E-state index in [9.17, 15) is 5.11 Å². The summed E-state index contributed by atoms with van der Waals surface area (Å²) in [7, 11) is 3.66. The Balaban J connectivity index is 1.35. The highest BCUT2D eigenvalue weighted by molar-refractivity contribution is 5.71. The number of anilines is 1. The molecule has 3 aromatic rings. The highest BCUT2D eigenvalue weighted by Gasteiger charge is 2.49. The Morgan fingerprint density at radius 3 is 2.41 bits per heavy atom. The number of phenols is 1. The Labute approximate surface area is 199 Å². The van der Waals surface area contributed by atoms with Crippen LogP contribution in [0.5, 0.6) is 11.5 Å². The van der Waals surface area contributed by atoms with Gasteiger partial charge in [0.05, 0.1) is 24.6 Å². The largest absolute Gasteiger partial charge is 0.507 e. The van der Waals surface area contributed by atoms with E-state index in [0.717, 1.165) is 24.2 Å². The molecule has 0 aliphatic carbocycles. The van der Waals surface area contributed by atoms with Crippen LogP contribution in [0, 0.1) is 6.92 Å². The number of nitrogens with zero attached hydrogens (tertiary/aromatic N) is 6. The Bertz CT molecular complexity index is 1200. The van der Waals surface area contributed by atoms with Crippen LogP contribution in [0.1, 0.15) is 45.2 Å². The van der Waals surface area contributed by atoms with Crippen molar-refractivity contribution in [2.45, 2.75) is 63.6 Å². The van der Waals surface area contributed by atoms with Gasteiger partial charge in [-0.15, -0.1) is 15.3 Å². The van der Waals surface area contributed by atoms with Crippen molar-refractivity contribution < 1.29 is 9.84 Å². The van der Waals surface area contributed by atoms with Crippen molar-refractivity contribution in [3.63, 3.8) is 0 Å². The molecule has 9 nitrogen and oxygen atoms in total. The first-order valence-corrected chi connectivity index (χ1v) is 11.6. The van der Waals surface area contributed by atoms with Gasteiger partial charge in [-0.05, 0) is 58.6 Å². The van der Waals surface area contributed by atoms with Gasteiger partial charge in [0.15, 0.2) is 11.6 Å². The molecular formula is C25H31N7O2. The van der Waals surface area contributed by atoms with Crippen molar-refractivity contribution in [3.05, 3.63) is 36.2 Å². The average molecular weight is 462 g/mol. The third-order valence-corrected chi connectivity index (χ3v) is 7.35. The van der Waals surface area contributed by atoms with Gasteiger partial charge in [-0.3, -0.25) is 0 Å². The lowest BCUT2D eigenvalue weighted by Crippen LogP contribution is -2.58. The lowest BCUT2D eigenvalue weighted by molar-refractivity contribution is 0.207. The zero-order chi connectivity index (χ0) is 24.1. The summed E-state index contributed by atoms with van der Waals surface area (Å²) in [5.74, 6) is 1.81. The number of piperidine rings is 1. The predicted molar refractivity (Wildman–Crippen MR) is 130 cm³/mol. The fourth-order valence-electron chi connectivity index (χ4n) is 5.50. The fourth-order valence-corrected chi connectivity index (χ4v) is 5.50. The van der Waals surface area contributed by atoms with Crippen LogP contribution in [0.4, 0.5) is 5.82 Å². The molecule has 2 aliphatic heterocycles. The minimum atomic E-state index is 0.0533. The van der Waals surface area contributed by atoms with Gasteiger partial charge < -0.3 is 20.1 Å². The second-order valence-electron chi connectivity index (χ2n) is 10.2. The number of hydrogen-bond donors (Lipinski definition) is 2. The van der Waals surface area contributed by atoms with Crippen molar-refractivity contribution in [2.75, 3.05) is 19.1 Å². The first-order valence-electron chi connectivity index (χ1n) is 11.6. The smallest absolute Gasteiger partial charge is 0.185 e. The summed E-state index contributed by atoms with van der Waals surface area (Å²) in [5.41, 5.74) is 2.89. The fraction of sp³-hybridized carbons (Fsp3) is 0.480. The summed E-state index contributed by atoms with van der Waals surface area (Å²) in [6, 6.07) is 7.42. The molecule has 2 N–H and O–H groups in total. The molecule has 2 aromatic heterocycles. The molecule has 2 saturated heterocycles. The van der Waals surface area contributed by atoms with Gasteiger partial charge in [-0.2, -0.15) is 5.10 Å². The number of hydrogen-bond acceptors (Lipinski definition) is 9. The number of nitrogens with one attached hydrogen (secondary N) is 1. The van der Waals surface area contributed by atoms with E-state index in [0.29, 0.717) is 34.6 Å². The standard InChI is InChI=1S/C25H31N7O2/c1-15-21(34-5)11-19(28-27-15)16-6-7-18(20(33)10-16)23-26-14-22(29-30-23)32(4)17-12-24(2)8-9-25(3,13-17)31-24/h6-7,10-11,14,17,31,33H,8-9,12-13H2,1-5H3/t17?,24-,25+. The van der Waals surface area contributed by atoms with E-state index in [1.807, 2.05) is 13.0 Å². The molecule has 0 saturated carbocycles. The molecule has 0 spiro atoms. The Morgan fingerprint density at radius 2 is 1.79 bits per heavy atom. The monoisotopic (exact) mass is 461 g/mol. The zero-order valence-corrected chi connectivity index (χ0v) is 20.3. The molecule has 2 bridgehead atoms. The van der Waals surface area contributed by atoms with Gasteiger partial charge in [0.2, 0.25) is 0 Å². The maximum absolute atomic E-state index is 10.7. The topological polar surface area (TPSA) is 109 Å². The lowest BCUT2D eigenvalue weighted by atomic mass is 9.84. The third-order valence-electron chi connectivity index (χ3n) is 7.35. The minimum absolute atomic E-state index is 0.0533. The Kier molecular flexibility index (Phi) is 5.39. The third kappa shape index (κ3) is 4.04. The Hall–Kier alpha value is -3.33. The summed E-state index contributed by atoms with van der Waals surface area (Å²) < 4.78 is 5.33. The normalized spacial score (nSPS) is 25.9. The van der Waals surface area contributed by atoms with Gasteiger partial charge in [0.1, 0.15) is 17.2 Å². The predicted octanol–water partition coefficient (Wildman–Crippen LogP) is 3.52. The zero-order valence-electron chi connectivity index (χ0n) is 20.3. The number of aromatic hydroxyl groups is 1. The molecule has 34 heavy (non-hydrogen) atoms. The molecule has 0 radical (unpaired) electrons. The Morgan fingerprint density at radius 1 is 1.06 bits per heavy atom. The summed E-state index contributed by atoms with van der Waals surface area (Å²) >= 11 is 0. The molecule has 0 amide bonds. The molecular weight excluding hydrogens is 430 g/mol. The number of benzene rings is 1. The van der Waals surface area contributed by atoms with E-state index < -0.39 is 0 Å². The second-order valence-corrected chi connectivity index (χ2v) is 10.2. The quantitative estimate of drug-likeness (QED) is 0.590. The second kappa shape index (κ2) is 8.16. The first kappa shape index (κ1) is 22.5. The highest BCUT2D eigenvalue weighted by Crippen LogP contribution is 2.43. The van der Waals surface area contributed by atoms with Crippen molar-refractivity contribution in [2.24, 2.45) is 0 Å². The molecule has 4 heterocycles. The van der Waals surface area contributed by atoms with E-state index in [1.54, 1.807) is 31.5 Å². The van der Waals surface area contributed by atoms with Crippen LogP contribution >= 0.6 is 0 Å². The average Bonchev–Trinajstić information content (AvgIpc) is 3.05. The van der Waals surface area contributed by atoms with E-state index in [-0.39, 0.29) is 16.8 Å². The number of phenolic OH excluding ortho intramolecular Hbond substituents is 1. The molecule has 2 aliphatic rings. The van der Waals surface area contributed by atoms with E-state index in [4.69, 9.17) is 4.74 Å². The molecule has 5 rings (SSSR count). The number of methoxy groups -OCH3 is 1. The SMILES string of the molecule is COc1cc(-c2ccc(-c3ncc(N(C)C4C[C@]5(C)CC[C@](C)(C4)N5)nn3)c(O)c2)nnc1C. The van der Waals surface area contributed by atoms with Gasteiger partial charge in [0, 0.05) is 35.8 Å². The minimum Gasteiger partial charge on any atom is -0.507 e. The van der Waals surface area contributed by atoms with Gasteiger partial charge in [-0.25, -0.2) is 4.98 Å². The van der Waals surface area contributed by atoms with Gasteiger partial charge in [0.25, 0.3) is 0 Å². The first-order chi connectivity index (χ1) is 16.2. The number of aromatic nitrogens is 5. The lowest BCUT2D eigenvalue weighted by Gasteiger charge is -2.45. The molecule has 1 unspecified atom stereocenters. The van der Waals surface area contributed by atoms with Crippen LogP contribution < -0.4 is 15.0 Å². The van der Waals surface area contributed by atoms with Crippen LogP contribution in [0.25, 0.3) is 22.6 Å². The summed E-state index contributed by atoms with van der Waals surface area (Å²) in [6.45, 7) is 6.46. The molecule has 178 valence electrons. The van der Waals surface area contributed by atoms with E-state index in [2.05, 4.69) is 56.5 Å². The van der Waals surface area contributed by atoms with Crippen LogP contribution in [-0.2, 0) is 0 Å². The van der Waals surface area contributed by atoms with Crippen molar-refractivity contribution in [1.29, 1.82) is 0 Å². The molecule has 3 atom stereocenters. The molecule has 1 aromatic carbocycles. The highest BCUT2D eigenvalue weighted by atomic mass is 16.5. The van der Waals surface area contributed by atoms with Crippen LogP contribution in [0.2, 0.25) is 0 Å². The van der Waals surface area contributed by atoms with Crippen molar-refractivity contribution in [3.8, 4) is 34.1 Å².